The first-order chi connectivity index (χ1) is 12.9. The van der Waals surface area contributed by atoms with Crippen molar-refractivity contribution in [1.29, 1.82) is 0 Å². The Bertz CT molecular complexity index is 941. The van der Waals surface area contributed by atoms with Gasteiger partial charge in [-0.2, -0.15) is 0 Å². The van der Waals surface area contributed by atoms with E-state index in [0.29, 0.717) is 17.7 Å². The van der Waals surface area contributed by atoms with Gasteiger partial charge in [0.2, 0.25) is 0 Å². The first kappa shape index (κ1) is 19.6. The molecule has 2 heterocycles. The van der Waals surface area contributed by atoms with Crippen LogP contribution in [-0.2, 0) is 19.4 Å². The quantitative estimate of drug-likeness (QED) is 0.778. The highest BCUT2D eigenvalue weighted by molar-refractivity contribution is 7.92. The highest BCUT2D eigenvalue weighted by Crippen LogP contribution is 2.46. The van der Waals surface area contributed by atoms with E-state index in [2.05, 4.69) is 0 Å². The Labute approximate surface area is 163 Å². The Morgan fingerprint density at radius 2 is 1.93 bits per heavy atom. The Kier molecular flexibility index (Phi) is 5.72. The molecule has 144 valence electrons. The van der Waals surface area contributed by atoms with E-state index >= 15 is 0 Å². The number of carboxylic acids is 1. The molecule has 0 unspecified atom stereocenters. The summed E-state index contributed by atoms with van der Waals surface area (Å²) < 4.78 is 29.4. The molecule has 27 heavy (non-hydrogen) atoms. The van der Waals surface area contributed by atoms with E-state index in [1.54, 1.807) is 13.2 Å². The lowest BCUT2D eigenvalue weighted by atomic mass is 9.95. The predicted molar refractivity (Wildman–Crippen MR) is 108 cm³/mol. The smallest absolute Gasteiger partial charge is 0.305 e. The van der Waals surface area contributed by atoms with Gasteiger partial charge in [-0.3, -0.25) is 4.79 Å². The Morgan fingerprint density at radius 1 is 1.19 bits per heavy atom. The van der Waals surface area contributed by atoms with Gasteiger partial charge in [-0.1, -0.05) is 24.6 Å². The minimum atomic E-state index is -3.50. The molecule has 1 aliphatic heterocycles. The summed E-state index contributed by atoms with van der Waals surface area (Å²) in [6.45, 7) is 0. The molecule has 0 spiro atoms. The zero-order valence-corrected chi connectivity index (χ0v) is 16.7. The van der Waals surface area contributed by atoms with Gasteiger partial charge in [0, 0.05) is 9.75 Å². The van der Waals surface area contributed by atoms with Crippen molar-refractivity contribution in [2.24, 2.45) is 0 Å². The molecular formula is C20H22O5S2. The van der Waals surface area contributed by atoms with Crippen molar-refractivity contribution in [3.8, 4) is 5.75 Å². The zero-order valence-electron chi connectivity index (χ0n) is 15.1. The summed E-state index contributed by atoms with van der Waals surface area (Å²) in [7, 11) is -1.89. The van der Waals surface area contributed by atoms with Gasteiger partial charge in [-0.25, -0.2) is 8.42 Å². The first-order valence-electron chi connectivity index (χ1n) is 8.73. The number of hydrogen-bond donors (Lipinski definition) is 1. The first-order valence-corrected chi connectivity index (χ1v) is 11.2. The van der Waals surface area contributed by atoms with Crippen LogP contribution in [0, 0.1) is 0 Å². The number of ether oxygens (including phenoxy) is 1. The molecule has 1 aromatic carbocycles. The third-order valence-electron chi connectivity index (χ3n) is 4.91. The van der Waals surface area contributed by atoms with E-state index in [0.717, 1.165) is 22.6 Å². The minimum Gasteiger partial charge on any atom is -0.497 e. The monoisotopic (exact) mass is 406 g/mol. The summed E-state index contributed by atoms with van der Waals surface area (Å²) in [6, 6.07) is 11.2. The summed E-state index contributed by atoms with van der Waals surface area (Å²) in [5, 5.41) is 9.34. The highest BCUT2D eigenvalue weighted by atomic mass is 32.2. The van der Waals surface area contributed by atoms with Crippen LogP contribution >= 0.6 is 11.3 Å². The lowest BCUT2D eigenvalue weighted by Crippen LogP contribution is -2.41. The molecule has 0 aliphatic carbocycles. The molecule has 0 radical (unpaired) electrons. The Morgan fingerprint density at radius 3 is 2.56 bits per heavy atom. The van der Waals surface area contributed by atoms with Gasteiger partial charge >= 0.3 is 5.97 Å². The van der Waals surface area contributed by atoms with Crippen LogP contribution in [0.2, 0.25) is 0 Å². The van der Waals surface area contributed by atoms with Crippen LogP contribution in [-0.4, -0.2) is 32.4 Å². The molecule has 3 rings (SSSR count). The van der Waals surface area contributed by atoms with Crippen LogP contribution < -0.4 is 4.74 Å². The summed E-state index contributed by atoms with van der Waals surface area (Å²) in [6.07, 6.45) is 5.16. The molecule has 1 aromatic heterocycles. The fourth-order valence-corrected chi connectivity index (χ4v) is 7.12. The lowest BCUT2D eigenvalue weighted by Gasteiger charge is -2.34. The molecule has 2 aromatic rings. The van der Waals surface area contributed by atoms with Crippen LogP contribution in [0.1, 0.15) is 41.0 Å². The summed E-state index contributed by atoms with van der Waals surface area (Å²) >= 11 is 1.36. The standard InChI is InChI=1S/C20H22O5S2/c1-25-16-7-4-15(5-8-16)6-9-17-10-11-18(26-17)20(14-19(21)22)12-2-3-13-27(20,23)24/h4-11H,2-3,12-14H2,1H3,(H,21,22)/b9-6+/t20-/m0/s1. The average Bonchev–Trinajstić information content (AvgIpc) is 3.11. The van der Waals surface area contributed by atoms with Crippen LogP contribution in [0.15, 0.2) is 36.4 Å². The van der Waals surface area contributed by atoms with Crippen molar-refractivity contribution < 1.29 is 23.1 Å². The van der Waals surface area contributed by atoms with E-state index < -0.39 is 20.6 Å². The van der Waals surface area contributed by atoms with E-state index in [1.807, 2.05) is 42.5 Å². The molecule has 1 aliphatic rings. The van der Waals surface area contributed by atoms with E-state index in [4.69, 9.17) is 4.74 Å². The number of carboxylic acid groups (broad SMARTS) is 1. The van der Waals surface area contributed by atoms with Crippen LogP contribution in [0.4, 0.5) is 0 Å². The van der Waals surface area contributed by atoms with Crippen molar-refractivity contribution >= 4 is 39.3 Å². The fraction of sp³-hybridized carbons (Fsp3) is 0.350. The highest BCUT2D eigenvalue weighted by Gasteiger charge is 2.49. The molecular weight excluding hydrogens is 384 g/mol. The van der Waals surface area contributed by atoms with Gasteiger partial charge < -0.3 is 9.84 Å². The van der Waals surface area contributed by atoms with Crippen LogP contribution in [0.3, 0.4) is 0 Å². The average molecular weight is 407 g/mol. The molecule has 1 fully saturated rings. The van der Waals surface area contributed by atoms with Crippen molar-refractivity contribution in [2.75, 3.05) is 12.9 Å². The third-order valence-corrected chi connectivity index (χ3v) is 8.88. The van der Waals surface area contributed by atoms with Gasteiger partial charge in [0.05, 0.1) is 19.3 Å². The van der Waals surface area contributed by atoms with E-state index in [-0.39, 0.29) is 12.2 Å². The topological polar surface area (TPSA) is 80.7 Å². The van der Waals surface area contributed by atoms with Crippen molar-refractivity contribution in [1.82, 2.24) is 0 Å². The minimum absolute atomic E-state index is 0.0508. The van der Waals surface area contributed by atoms with Gasteiger partial charge in [0.15, 0.2) is 9.84 Å². The lowest BCUT2D eigenvalue weighted by molar-refractivity contribution is -0.137. The molecule has 1 saturated heterocycles. The predicted octanol–water partition coefficient (Wildman–Crippen LogP) is 4.20. The number of rotatable bonds is 6. The largest absolute Gasteiger partial charge is 0.497 e. The maximum absolute atomic E-state index is 12.8. The second-order valence-electron chi connectivity index (χ2n) is 6.65. The number of benzene rings is 1. The number of thiophene rings is 1. The molecule has 0 bridgehead atoms. The number of aliphatic carboxylic acids is 1. The maximum Gasteiger partial charge on any atom is 0.305 e. The molecule has 7 heteroatoms. The van der Waals surface area contributed by atoms with Crippen molar-refractivity contribution in [2.45, 2.75) is 30.4 Å². The van der Waals surface area contributed by atoms with Crippen LogP contribution in [0.5, 0.6) is 5.75 Å². The maximum atomic E-state index is 12.8. The summed E-state index contributed by atoms with van der Waals surface area (Å²) in [4.78, 5) is 12.9. The number of sulfone groups is 1. The van der Waals surface area contributed by atoms with Gasteiger partial charge in [0.25, 0.3) is 0 Å². The van der Waals surface area contributed by atoms with E-state index in [9.17, 15) is 18.3 Å². The van der Waals surface area contributed by atoms with Crippen molar-refractivity contribution in [3.63, 3.8) is 0 Å². The number of methoxy groups -OCH3 is 1. The SMILES string of the molecule is COc1ccc(/C=C/c2ccc([C@@]3(CC(=O)O)CCCCS3(=O)=O)s2)cc1. The zero-order chi connectivity index (χ0) is 19.5. The Balaban J connectivity index is 1.89. The molecule has 1 atom stereocenters. The van der Waals surface area contributed by atoms with Gasteiger partial charge in [0.1, 0.15) is 10.5 Å². The fourth-order valence-electron chi connectivity index (χ4n) is 3.44. The van der Waals surface area contributed by atoms with Gasteiger partial charge in [-0.05, 0) is 48.7 Å². The number of hydrogen-bond acceptors (Lipinski definition) is 5. The summed E-state index contributed by atoms with van der Waals surface area (Å²) in [5.41, 5.74) is 0.997. The second-order valence-corrected chi connectivity index (χ2v) is 10.2. The number of carbonyl (C=O) groups is 1. The van der Waals surface area contributed by atoms with E-state index in [1.165, 1.54) is 11.3 Å². The normalized spacial score (nSPS) is 22.0. The summed E-state index contributed by atoms with van der Waals surface area (Å²) in [5.74, 6) is -0.247. The third kappa shape index (κ3) is 4.09. The second kappa shape index (κ2) is 7.86. The van der Waals surface area contributed by atoms with Crippen molar-refractivity contribution in [3.05, 3.63) is 51.7 Å². The molecule has 0 saturated carbocycles. The molecule has 0 amide bonds. The van der Waals surface area contributed by atoms with Gasteiger partial charge in [-0.15, -0.1) is 11.3 Å². The Hall–Kier alpha value is -2.12. The van der Waals surface area contributed by atoms with Crippen LogP contribution in [0.25, 0.3) is 12.2 Å². The molecule has 1 N–H and O–H groups in total. The molecule has 5 nitrogen and oxygen atoms in total.